The van der Waals surface area contributed by atoms with Gasteiger partial charge in [-0.2, -0.15) is 0 Å². The number of hydrogen-bond acceptors (Lipinski definition) is 5. The molecule has 3 rings (SSSR count). The molecule has 1 aliphatic carbocycles. The van der Waals surface area contributed by atoms with Crippen molar-refractivity contribution in [3.63, 3.8) is 0 Å². The Kier molecular flexibility index (Phi) is 7.15. The zero-order chi connectivity index (χ0) is 19.9. The number of nitrogens with zero attached hydrogens (tertiary/aromatic N) is 1. The van der Waals surface area contributed by atoms with Gasteiger partial charge in [0.05, 0.1) is 5.41 Å². The Hall–Kier alpha value is -2.64. The smallest absolute Gasteiger partial charge is 0.331 e. The summed E-state index contributed by atoms with van der Waals surface area (Å²) in [6.07, 6.45) is 4.43. The third-order valence-corrected chi connectivity index (χ3v) is 4.74. The maximum absolute atomic E-state index is 10.8. The van der Waals surface area contributed by atoms with Crippen LogP contribution in [0.3, 0.4) is 0 Å². The van der Waals surface area contributed by atoms with Crippen molar-refractivity contribution in [2.45, 2.75) is 19.9 Å². The van der Waals surface area contributed by atoms with Crippen molar-refractivity contribution >= 4 is 17.6 Å². The summed E-state index contributed by atoms with van der Waals surface area (Å²) >= 11 is 0. The SMILES string of the molecule is C[C@]1(C(=O)O)C=CC=C(C(=O)O)C1.NCc1ccc(N2CCNCC2)cc1. The van der Waals surface area contributed by atoms with Crippen LogP contribution in [-0.4, -0.2) is 48.3 Å². The monoisotopic (exact) mass is 373 g/mol. The predicted molar refractivity (Wildman–Crippen MR) is 105 cm³/mol. The van der Waals surface area contributed by atoms with Gasteiger partial charge in [-0.15, -0.1) is 0 Å². The molecule has 2 aliphatic rings. The summed E-state index contributed by atoms with van der Waals surface area (Å²) < 4.78 is 0. The number of allylic oxidation sites excluding steroid dienone is 2. The van der Waals surface area contributed by atoms with E-state index in [0.717, 1.165) is 26.2 Å². The van der Waals surface area contributed by atoms with E-state index in [0.29, 0.717) is 6.54 Å². The fourth-order valence-corrected chi connectivity index (χ4v) is 2.95. The number of carboxylic acids is 2. The maximum Gasteiger partial charge on any atom is 0.331 e. The van der Waals surface area contributed by atoms with E-state index in [1.54, 1.807) is 0 Å². The average Bonchev–Trinajstić information content (AvgIpc) is 2.69. The molecule has 0 saturated carbocycles. The number of hydrogen-bond donors (Lipinski definition) is 4. The van der Waals surface area contributed by atoms with Gasteiger partial charge in [0.25, 0.3) is 0 Å². The number of anilines is 1. The van der Waals surface area contributed by atoms with Crippen molar-refractivity contribution in [3.05, 3.63) is 53.6 Å². The second kappa shape index (κ2) is 9.34. The van der Waals surface area contributed by atoms with E-state index in [1.807, 2.05) is 0 Å². The second-order valence-corrected chi connectivity index (χ2v) is 6.86. The lowest BCUT2D eigenvalue weighted by atomic mass is 9.80. The van der Waals surface area contributed by atoms with E-state index in [2.05, 4.69) is 34.5 Å². The summed E-state index contributed by atoms with van der Waals surface area (Å²) in [4.78, 5) is 23.7. The first kappa shape index (κ1) is 20.7. The topological polar surface area (TPSA) is 116 Å². The van der Waals surface area contributed by atoms with E-state index in [-0.39, 0.29) is 12.0 Å². The van der Waals surface area contributed by atoms with Crippen LogP contribution in [0.25, 0.3) is 0 Å². The Labute approximate surface area is 159 Å². The Balaban J connectivity index is 0.000000194. The molecule has 0 aromatic heterocycles. The van der Waals surface area contributed by atoms with Crippen molar-refractivity contribution in [3.8, 4) is 0 Å². The molecule has 7 heteroatoms. The number of nitrogens with two attached hydrogens (primary N) is 1. The second-order valence-electron chi connectivity index (χ2n) is 6.86. The highest BCUT2D eigenvalue weighted by Gasteiger charge is 2.34. The third kappa shape index (κ3) is 5.67. The van der Waals surface area contributed by atoms with Crippen LogP contribution < -0.4 is 16.0 Å². The molecule has 7 nitrogen and oxygen atoms in total. The number of nitrogens with one attached hydrogen (secondary N) is 1. The van der Waals surface area contributed by atoms with Crippen LogP contribution in [0, 0.1) is 5.41 Å². The number of piperazine rings is 1. The molecule has 5 N–H and O–H groups in total. The van der Waals surface area contributed by atoms with Crippen molar-refractivity contribution in [1.29, 1.82) is 0 Å². The molecule has 0 radical (unpaired) electrons. The highest BCUT2D eigenvalue weighted by Crippen LogP contribution is 2.31. The minimum Gasteiger partial charge on any atom is -0.481 e. The first-order valence-electron chi connectivity index (χ1n) is 8.95. The van der Waals surface area contributed by atoms with Gasteiger partial charge in [-0.3, -0.25) is 4.79 Å². The zero-order valence-corrected chi connectivity index (χ0v) is 15.5. The molecule has 0 amide bonds. The minimum absolute atomic E-state index is 0.0359. The summed E-state index contributed by atoms with van der Waals surface area (Å²) in [6.45, 7) is 6.49. The quantitative estimate of drug-likeness (QED) is 0.633. The summed E-state index contributed by atoms with van der Waals surface area (Å²) in [7, 11) is 0. The third-order valence-electron chi connectivity index (χ3n) is 4.74. The zero-order valence-electron chi connectivity index (χ0n) is 15.5. The number of carbonyl (C=O) groups is 2. The number of aliphatic carboxylic acids is 2. The molecule has 146 valence electrons. The molecule has 0 bridgehead atoms. The predicted octanol–water partition coefficient (Wildman–Crippen LogP) is 1.60. The lowest BCUT2D eigenvalue weighted by molar-refractivity contribution is -0.145. The van der Waals surface area contributed by atoms with E-state index in [4.69, 9.17) is 15.9 Å². The molecule has 0 unspecified atom stereocenters. The van der Waals surface area contributed by atoms with Gasteiger partial charge in [-0.05, 0) is 31.0 Å². The van der Waals surface area contributed by atoms with Crippen LogP contribution in [0.2, 0.25) is 0 Å². The van der Waals surface area contributed by atoms with E-state index in [1.165, 1.54) is 36.4 Å². The molecule has 1 saturated heterocycles. The summed E-state index contributed by atoms with van der Waals surface area (Å²) in [5.74, 6) is -2.06. The van der Waals surface area contributed by atoms with E-state index < -0.39 is 17.4 Å². The van der Waals surface area contributed by atoms with Gasteiger partial charge < -0.3 is 26.2 Å². The molecule has 1 aliphatic heterocycles. The van der Waals surface area contributed by atoms with Gasteiger partial charge in [-0.1, -0.05) is 30.4 Å². The summed E-state index contributed by atoms with van der Waals surface area (Å²) in [5.41, 5.74) is 7.11. The first-order chi connectivity index (χ1) is 12.9. The molecular weight excluding hydrogens is 346 g/mol. The lowest BCUT2D eigenvalue weighted by Gasteiger charge is -2.29. The molecule has 1 fully saturated rings. The van der Waals surface area contributed by atoms with Gasteiger partial charge >= 0.3 is 11.9 Å². The van der Waals surface area contributed by atoms with Crippen molar-refractivity contribution < 1.29 is 19.8 Å². The Morgan fingerprint density at radius 3 is 2.33 bits per heavy atom. The Bertz CT molecular complexity index is 721. The van der Waals surface area contributed by atoms with Crippen LogP contribution in [0.1, 0.15) is 18.9 Å². The fraction of sp³-hybridized carbons (Fsp3) is 0.400. The molecule has 0 spiro atoms. The first-order valence-corrected chi connectivity index (χ1v) is 8.95. The normalized spacial score (nSPS) is 21.7. The standard InChI is InChI=1S/C11H17N3.C9H10O4/c12-9-10-1-3-11(4-2-10)14-7-5-13-6-8-14;1-9(8(12)13)4-2-3-6(5-9)7(10)11/h1-4,13H,5-9,12H2;2-4H,5H2,1H3,(H,10,11)(H,12,13)/t;9-/m.0/s1. The fourth-order valence-electron chi connectivity index (χ4n) is 2.95. The Morgan fingerprint density at radius 1 is 1.19 bits per heavy atom. The van der Waals surface area contributed by atoms with E-state index >= 15 is 0 Å². The van der Waals surface area contributed by atoms with Gasteiger partial charge in [0.1, 0.15) is 0 Å². The van der Waals surface area contributed by atoms with Gasteiger partial charge in [0, 0.05) is 44.0 Å². The Morgan fingerprint density at radius 2 is 1.81 bits per heavy atom. The van der Waals surface area contributed by atoms with Crippen LogP contribution in [0.5, 0.6) is 0 Å². The number of rotatable bonds is 4. The molecular formula is C20H27N3O4. The van der Waals surface area contributed by atoms with Gasteiger partial charge in [-0.25, -0.2) is 4.79 Å². The molecule has 1 aromatic rings. The molecule has 1 aromatic carbocycles. The van der Waals surface area contributed by atoms with Gasteiger partial charge in [0.2, 0.25) is 0 Å². The molecule has 1 heterocycles. The molecule has 27 heavy (non-hydrogen) atoms. The summed E-state index contributed by atoms with van der Waals surface area (Å²) in [6, 6.07) is 8.54. The van der Waals surface area contributed by atoms with Crippen molar-refractivity contribution in [2.75, 3.05) is 31.1 Å². The number of carboxylic acid groups (broad SMARTS) is 2. The van der Waals surface area contributed by atoms with Crippen LogP contribution in [-0.2, 0) is 16.1 Å². The highest BCUT2D eigenvalue weighted by molar-refractivity contribution is 5.90. The van der Waals surface area contributed by atoms with Crippen LogP contribution >= 0.6 is 0 Å². The largest absolute Gasteiger partial charge is 0.481 e. The average molecular weight is 373 g/mol. The van der Waals surface area contributed by atoms with Gasteiger partial charge in [0.15, 0.2) is 0 Å². The van der Waals surface area contributed by atoms with Crippen molar-refractivity contribution in [1.82, 2.24) is 5.32 Å². The van der Waals surface area contributed by atoms with Crippen LogP contribution in [0.4, 0.5) is 5.69 Å². The number of benzene rings is 1. The highest BCUT2D eigenvalue weighted by atomic mass is 16.4. The minimum atomic E-state index is -1.08. The lowest BCUT2D eigenvalue weighted by Crippen LogP contribution is -2.43. The molecule has 1 atom stereocenters. The van der Waals surface area contributed by atoms with Crippen LogP contribution in [0.15, 0.2) is 48.1 Å². The summed E-state index contributed by atoms with van der Waals surface area (Å²) in [5, 5.41) is 20.8. The van der Waals surface area contributed by atoms with Crippen molar-refractivity contribution in [2.24, 2.45) is 11.1 Å². The van der Waals surface area contributed by atoms with E-state index in [9.17, 15) is 9.59 Å². The maximum atomic E-state index is 10.8.